The number of nitrogens with one attached hydrogen (secondary N) is 3. The van der Waals surface area contributed by atoms with Crippen molar-refractivity contribution in [3.8, 4) is 0 Å². The summed E-state index contributed by atoms with van der Waals surface area (Å²) in [5, 5.41) is 19.7. The molecule has 2 aromatic rings. The molecule has 4 N–H and O–H groups in total. The Labute approximate surface area is 224 Å². The number of aliphatic carboxylic acids is 1. The number of aromatic nitrogens is 3. The number of anilines is 3. The first-order valence-corrected chi connectivity index (χ1v) is 14.0. The Morgan fingerprint density at radius 1 is 1.24 bits per heavy atom. The third-order valence-electron chi connectivity index (χ3n) is 7.87. The van der Waals surface area contributed by atoms with Crippen LogP contribution in [0.2, 0.25) is 0 Å². The van der Waals surface area contributed by atoms with Crippen LogP contribution in [-0.2, 0) is 17.6 Å². The molecular formula is C29H39N7O2. The number of hydrogen-bond donors (Lipinski definition) is 4. The lowest BCUT2D eigenvalue weighted by molar-refractivity contribution is -0.139. The van der Waals surface area contributed by atoms with Gasteiger partial charge in [0.25, 0.3) is 0 Å². The molecule has 202 valence electrons. The number of rotatable bonds is 10. The molecule has 0 spiro atoms. The van der Waals surface area contributed by atoms with E-state index >= 15 is 0 Å². The molecule has 9 heteroatoms. The van der Waals surface area contributed by atoms with Crippen LogP contribution in [0.4, 0.5) is 17.5 Å². The van der Waals surface area contributed by atoms with E-state index in [1.165, 1.54) is 17.7 Å². The summed E-state index contributed by atoms with van der Waals surface area (Å²) in [6.07, 6.45) is 15.9. The summed E-state index contributed by atoms with van der Waals surface area (Å²) >= 11 is 0. The molecule has 2 aromatic heterocycles. The maximum Gasteiger partial charge on any atom is 0.322 e. The zero-order valence-corrected chi connectivity index (χ0v) is 22.2. The van der Waals surface area contributed by atoms with Gasteiger partial charge in [0.1, 0.15) is 29.8 Å². The molecule has 1 aliphatic carbocycles. The topological polar surface area (TPSA) is 115 Å². The van der Waals surface area contributed by atoms with Gasteiger partial charge in [-0.2, -0.15) is 0 Å². The first-order valence-electron chi connectivity index (χ1n) is 14.0. The molecule has 1 saturated heterocycles. The second-order valence-electron chi connectivity index (χ2n) is 10.4. The lowest BCUT2D eigenvalue weighted by Gasteiger charge is -2.34. The fraction of sp³-hybridized carbons (Fsp3) is 0.517. The van der Waals surface area contributed by atoms with Crippen LogP contribution in [-0.4, -0.2) is 64.8 Å². The highest BCUT2D eigenvalue weighted by molar-refractivity contribution is 5.74. The summed E-state index contributed by atoms with van der Waals surface area (Å²) in [4.78, 5) is 28.3. The van der Waals surface area contributed by atoms with E-state index < -0.39 is 12.0 Å². The van der Waals surface area contributed by atoms with Crippen molar-refractivity contribution in [3.63, 3.8) is 0 Å². The highest BCUT2D eigenvalue weighted by Gasteiger charge is 2.26. The van der Waals surface area contributed by atoms with E-state index in [2.05, 4.69) is 62.0 Å². The molecule has 0 radical (unpaired) electrons. The number of pyridine rings is 1. The molecule has 0 saturated carbocycles. The zero-order chi connectivity index (χ0) is 26.3. The van der Waals surface area contributed by atoms with Gasteiger partial charge in [-0.3, -0.25) is 4.79 Å². The van der Waals surface area contributed by atoms with Crippen molar-refractivity contribution in [2.24, 2.45) is 5.92 Å². The monoisotopic (exact) mass is 517 g/mol. The number of aryl methyl sites for hydroxylation is 1. The van der Waals surface area contributed by atoms with Gasteiger partial charge in [0, 0.05) is 49.9 Å². The van der Waals surface area contributed by atoms with Gasteiger partial charge in [-0.1, -0.05) is 37.3 Å². The molecule has 4 heterocycles. The number of carbonyl (C=O) groups is 1. The van der Waals surface area contributed by atoms with E-state index in [-0.39, 0.29) is 6.54 Å². The average molecular weight is 518 g/mol. The minimum absolute atomic E-state index is 0.255. The van der Waals surface area contributed by atoms with Crippen LogP contribution in [0.25, 0.3) is 0 Å². The minimum atomic E-state index is -0.867. The van der Waals surface area contributed by atoms with Crippen LogP contribution < -0.4 is 20.9 Å². The van der Waals surface area contributed by atoms with Crippen molar-refractivity contribution >= 4 is 23.4 Å². The molecule has 0 bridgehead atoms. The first-order chi connectivity index (χ1) is 18.6. The third kappa shape index (κ3) is 6.15. The summed E-state index contributed by atoms with van der Waals surface area (Å²) < 4.78 is 0. The van der Waals surface area contributed by atoms with Crippen molar-refractivity contribution in [2.45, 2.75) is 57.4 Å². The average Bonchev–Trinajstić information content (AvgIpc) is 2.97. The van der Waals surface area contributed by atoms with E-state index in [9.17, 15) is 9.90 Å². The molecule has 0 aromatic carbocycles. The Balaban J connectivity index is 1.20. The van der Waals surface area contributed by atoms with E-state index in [1.54, 1.807) is 6.33 Å². The molecule has 2 atom stereocenters. The van der Waals surface area contributed by atoms with Crippen LogP contribution in [0.1, 0.15) is 55.3 Å². The van der Waals surface area contributed by atoms with Gasteiger partial charge in [-0.25, -0.2) is 15.0 Å². The second kappa shape index (κ2) is 12.4. The lowest BCUT2D eigenvalue weighted by Crippen LogP contribution is -2.44. The predicted octanol–water partition coefficient (Wildman–Crippen LogP) is 3.76. The highest BCUT2D eigenvalue weighted by atomic mass is 16.4. The van der Waals surface area contributed by atoms with E-state index in [4.69, 9.17) is 4.98 Å². The SMILES string of the molecule is CCc1c(NC[C@H](NCC2C=CC=CC2)C(=O)O)ncnc1N1CCC(c2ccc3c(n2)NCCC3)CC1. The normalized spacial score (nSPS) is 20.0. The van der Waals surface area contributed by atoms with E-state index in [0.717, 1.165) is 74.8 Å². The maximum atomic E-state index is 11.9. The predicted molar refractivity (Wildman–Crippen MR) is 151 cm³/mol. The molecule has 9 nitrogen and oxygen atoms in total. The van der Waals surface area contributed by atoms with Gasteiger partial charge in [-0.05, 0) is 56.1 Å². The van der Waals surface area contributed by atoms with Gasteiger partial charge in [0.15, 0.2) is 0 Å². The van der Waals surface area contributed by atoms with Crippen molar-refractivity contribution in [1.82, 2.24) is 20.3 Å². The summed E-state index contributed by atoms with van der Waals surface area (Å²) in [6, 6.07) is 3.76. The summed E-state index contributed by atoms with van der Waals surface area (Å²) in [5.74, 6) is 2.62. The highest BCUT2D eigenvalue weighted by Crippen LogP contribution is 2.33. The number of allylic oxidation sites excluding steroid dienone is 3. The smallest absolute Gasteiger partial charge is 0.322 e. The number of carboxylic acids is 1. The second-order valence-corrected chi connectivity index (χ2v) is 10.4. The molecule has 2 aliphatic heterocycles. The number of hydrogen-bond acceptors (Lipinski definition) is 8. The molecule has 1 fully saturated rings. The van der Waals surface area contributed by atoms with E-state index in [1.807, 2.05) is 12.2 Å². The Hall–Kier alpha value is -3.46. The summed E-state index contributed by atoms with van der Waals surface area (Å²) in [6.45, 7) is 5.79. The standard InChI is InChI=1S/C29H39N7O2/c1-2-23-27(32-18-25(29(37)38)31-17-20-7-4-3-5-8-20)33-19-34-28(23)36-15-12-21(13-16-36)24-11-10-22-9-6-14-30-26(22)35-24/h3-5,7,10-11,19-21,25,31H,2,6,8-9,12-18H2,1H3,(H,30,35)(H,37,38)(H,32,33,34)/t20?,25-/m0/s1. The molecular weight excluding hydrogens is 478 g/mol. The Morgan fingerprint density at radius 3 is 2.87 bits per heavy atom. The Bertz CT molecular complexity index is 1170. The van der Waals surface area contributed by atoms with Gasteiger partial charge in [0.05, 0.1) is 0 Å². The van der Waals surface area contributed by atoms with Crippen LogP contribution in [0.5, 0.6) is 0 Å². The molecule has 38 heavy (non-hydrogen) atoms. The molecule has 1 unspecified atom stereocenters. The number of fused-ring (bicyclic) bond motifs is 1. The van der Waals surface area contributed by atoms with Crippen LogP contribution in [0.15, 0.2) is 42.8 Å². The van der Waals surface area contributed by atoms with Crippen LogP contribution >= 0.6 is 0 Å². The maximum absolute atomic E-state index is 11.9. The molecule has 5 rings (SSSR count). The van der Waals surface area contributed by atoms with E-state index in [0.29, 0.717) is 18.4 Å². The summed E-state index contributed by atoms with van der Waals surface area (Å²) in [7, 11) is 0. The molecule has 3 aliphatic rings. The molecule has 0 amide bonds. The first kappa shape index (κ1) is 26.2. The lowest BCUT2D eigenvalue weighted by atomic mass is 9.92. The Kier molecular flexibility index (Phi) is 8.53. The van der Waals surface area contributed by atoms with Gasteiger partial charge in [0.2, 0.25) is 0 Å². The zero-order valence-electron chi connectivity index (χ0n) is 22.2. The summed E-state index contributed by atoms with van der Waals surface area (Å²) in [5.41, 5.74) is 3.55. The number of nitrogens with zero attached hydrogens (tertiary/aromatic N) is 4. The van der Waals surface area contributed by atoms with Crippen molar-refractivity contribution in [1.29, 1.82) is 0 Å². The minimum Gasteiger partial charge on any atom is -0.480 e. The fourth-order valence-corrected chi connectivity index (χ4v) is 5.63. The van der Waals surface area contributed by atoms with Crippen molar-refractivity contribution in [3.05, 3.63) is 59.6 Å². The van der Waals surface area contributed by atoms with Gasteiger partial charge >= 0.3 is 5.97 Å². The van der Waals surface area contributed by atoms with Crippen LogP contribution in [0.3, 0.4) is 0 Å². The van der Waals surface area contributed by atoms with Gasteiger partial charge < -0.3 is 26.0 Å². The number of piperidine rings is 1. The van der Waals surface area contributed by atoms with Crippen LogP contribution in [0, 0.1) is 5.92 Å². The van der Waals surface area contributed by atoms with Gasteiger partial charge in [-0.15, -0.1) is 0 Å². The van der Waals surface area contributed by atoms with Crippen molar-refractivity contribution in [2.75, 3.05) is 48.3 Å². The third-order valence-corrected chi connectivity index (χ3v) is 7.87. The van der Waals surface area contributed by atoms with Crippen molar-refractivity contribution < 1.29 is 9.90 Å². The fourth-order valence-electron chi connectivity index (χ4n) is 5.63. The largest absolute Gasteiger partial charge is 0.480 e. The number of carboxylic acid groups (broad SMARTS) is 1. The Morgan fingerprint density at radius 2 is 2.11 bits per heavy atom. The quantitative estimate of drug-likeness (QED) is 0.374.